The molecule has 2 N–H and O–H groups in total. The molecule has 2 atom stereocenters. The van der Waals surface area contributed by atoms with Crippen molar-refractivity contribution in [2.24, 2.45) is 0 Å². The van der Waals surface area contributed by atoms with E-state index in [1.165, 1.54) is 12.4 Å². The molecule has 0 aliphatic carbocycles. The summed E-state index contributed by atoms with van der Waals surface area (Å²) in [6, 6.07) is 1.10. The van der Waals surface area contributed by atoms with Gasteiger partial charge in [0, 0.05) is 31.0 Å². The minimum absolute atomic E-state index is 0.0162. The van der Waals surface area contributed by atoms with Gasteiger partial charge in [-0.1, -0.05) is 5.16 Å². The Labute approximate surface area is 230 Å². The number of thiophene rings is 1. The molecule has 1 saturated heterocycles. The highest BCUT2D eigenvalue weighted by Crippen LogP contribution is 2.42. The van der Waals surface area contributed by atoms with Gasteiger partial charge in [0.1, 0.15) is 6.17 Å². The number of likely N-dealkylation sites (N-methyl/N-ethyl adjacent to an activating group) is 1. The first-order chi connectivity index (χ1) is 18.8. The molecule has 0 aromatic carbocycles. The van der Waals surface area contributed by atoms with E-state index in [0.29, 0.717) is 22.5 Å². The van der Waals surface area contributed by atoms with Crippen LogP contribution in [0.4, 0.5) is 23.2 Å². The average molecular weight is 581 g/mol. The number of nitrogens with zero attached hydrogens (tertiary/aromatic N) is 6. The normalized spacial score (nSPS) is 18.5. The first-order valence-corrected chi connectivity index (χ1v) is 13.3. The number of carbonyl (C=O) groups excluding carboxylic acids is 1. The quantitative estimate of drug-likeness (QED) is 0.310. The third kappa shape index (κ3) is 5.94. The monoisotopic (exact) mass is 580 g/mol. The van der Waals surface area contributed by atoms with Crippen LogP contribution in [0, 0.1) is 0 Å². The van der Waals surface area contributed by atoms with Crippen molar-refractivity contribution in [3.8, 4) is 10.7 Å². The molecular formula is C25H28F4N8O2S. The number of likely N-dealkylation sites (tertiary alicyclic amines) is 1. The number of anilines is 1. The van der Waals surface area contributed by atoms with Crippen LogP contribution in [0.2, 0.25) is 0 Å². The molecule has 0 spiro atoms. The number of hydrogen-bond donors (Lipinski definition) is 2. The summed E-state index contributed by atoms with van der Waals surface area (Å²) in [4.78, 5) is 23.0. The molecular weight excluding hydrogens is 552 g/mol. The van der Waals surface area contributed by atoms with E-state index in [4.69, 9.17) is 4.52 Å². The number of nitrogens with one attached hydrogen (secondary N) is 2. The fourth-order valence-corrected chi connectivity index (χ4v) is 5.65. The molecule has 1 aliphatic rings. The van der Waals surface area contributed by atoms with Gasteiger partial charge in [-0.25, -0.2) is 4.39 Å². The average Bonchev–Trinajstić information content (AvgIpc) is 3.64. The number of alkyl halides is 4. The molecule has 0 unspecified atom stereocenters. The van der Waals surface area contributed by atoms with Gasteiger partial charge in [-0.15, -0.1) is 11.3 Å². The second-order valence-corrected chi connectivity index (χ2v) is 11.8. The van der Waals surface area contributed by atoms with Crippen LogP contribution < -0.4 is 10.6 Å². The molecule has 4 aromatic heterocycles. The van der Waals surface area contributed by atoms with Crippen LogP contribution in [-0.4, -0.2) is 74.2 Å². The van der Waals surface area contributed by atoms with E-state index < -0.39 is 30.7 Å². The predicted octanol–water partition coefficient (Wildman–Crippen LogP) is 4.40. The number of carbonyl (C=O) groups is 1. The lowest BCUT2D eigenvalue weighted by Crippen LogP contribution is -2.29. The van der Waals surface area contributed by atoms with E-state index in [1.54, 1.807) is 24.0 Å². The number of rotatable bonds is 7. The van der Waals surface area contributed by atoms with Crippen molar-refractivity contribution in [2.75, 3.05) is 25.5 Å². The molecule has 1 aliphatic heterocycles. The SMILES string of the molecule is CN1C[C@H](F)[C@H](Nc2ccnc3c(CC(F)(F)F)c(-c4noc(CNC(=O)c5cnn(C(C)(C)C)c5)n4)sc23)C1. The molecule has 1 amide bonds. The van der Waals surface area contributed by atoms with E-state index >= 15 is 0 Å². The summed E-state index contributed by atoms with van der Waals surface area (Å²) in [7, 11) is 1.80. The summed E-state index contributed by atoms with van der Waals surface area (Å²) in [6.07, 6.45) is -2.46. The van der Waals surface area contributed by atoms with Crippen molar-refractivity contribution in [1.82, 2.24) is 35.1 Å². The topological polar surface area (TPSA) is 114 Å². The molecule has 10 nitrogen and oxygen atoms in total. The molecule has 4 aromatic rings. The Morgan fingerprint density at radius 1 is 1.25 bits per heavy atom. The number of hydrogen-bond acceptors (Lipinski definition) is 9. The van der Waals surface area contributed by atoms with Gasteiger partial charge in [-0.3, -0.25) is 14.5 Å². The summed E-state index contributed by atoms with van der Waals surface area (Å²) in [6.45, 7) is 6.43. The Morgan fingerprint density at radius 2 is 2.02 bits per heavy atom. The highest BCUT2D eigenvalue weighted by molar-refractivity contribution is 7.23. The van der Waals surface area contributed by atoms with Crippen LogP contribution >= 0.6 is 11.3 Å². The standard InChI is InChI=1S/C25H28F4N8O2S/c1-24(2,3)37-10-13(8-32-37)23(38)31-9-18-34-22(35-39-18)20-14(7-25(27,28)29)19-21(40-20)16(5-6-30-19)33-17-12-36(4)11-15(17)26/h5-6,8,10,15,17H,7,9,11-12H2,1-4H3,(H,30,33)(H,31,38)/t15-,17+/m0/s1. The van der Waals surface area contributed by atoms with Gasteiger partial charge >= 0.3 is 6.18 Å². The third-order valence-electron chi connectivity index (χ3n) is 6.42. The molecule has 5 rings (SSSR count). The molecule has 40 heavy (non-hydrogen) atoms. The maximum atomic E-state index is 14.5. The summed E-state index contributed by atoms with van der Waals surface area (Å²) in [5.41, 5.74) is 0.562. The Hall–Kier alpha value is -3.59. The van der Waals surface area contributed by atoms with E-state index in [9.17, 15) is 22.4 Å². The molecule has 214 valence electrons. The fourth-order valence-electron chi connectivity index (χ4n) is 4.47. The van der Waals surface area contributed by atoms with Gasteiger partial charge in [0.2, 0.25) is 11.7 Å². The zero-order valence-electron chi connectivity index (χ0n) is 22.2. The van der Waals surface area contributed by atoms with Gasteiger partial charge < -0.3 is 20.1 Å². The highest BCUT2D eigenvalue weighted by atomic mass is 32.1. The second kappa shape index (κ2) is 10.4. The lowest BCUT2D eigenvalue weighted by atomic mass is 10.1. The molecule has 1 fully saturated rings. The van der Waals surface area contributed by atoms with Crippen LogP contribution in [0.15, 0.2) is 29.2 Å². The smallest absolute Gasteiger partial charge is 0.377 e. The second-order valence-electron chi connectivity index (χ2n) is 10.8. The maximum absolute atomic E-state index is 14.5. The highest BCUT2D eigenvalue weighted by Gasteiger charge is 2.35. The molecule has 15 heteroatoms. The van der Waals surface area contributed by atoms with E-state index in [1.807, 2.05) is 25.7 Å². The minimum atomic E-state index is -4.52. The Morgan fingerprint density at radius 3 is 2.67 bits per heavy atom. The van der Waals surface area contributed by atoms with Crippen molar-refractivity contribution < 1.29 is 26.9 Å². The van der Waals surface area contributed by atoms with E-state index in [-0.39, 0.29) is 46.3 Å². The number of amides is 1. The van der Waals surface area contributed by atoms with Crippen LogP contribution in [0.3, 0.4) is 0 Å². The summed E-state index contributed by atoms with van der Waals surface area (Å²) < 4.78 is 62.6. The maximum Gasteiger partial charge on any atom is 0.393 e. The lowest BCUT2D eigenvalue weighted by Gasteiger charge is -2.18. The van der Waals surface area contributed by atoms with Crippen molar-refractivity contribution in [2.45, 2.75) is 57.7 Å². The Balaban J connectivity index is 1.40. The van der Waals surface area contributed by atoms with E-state index in [0.717, 1.165) is 11.3 Å². The van der Waals surface area contributed by atoms with Gasteiger partial charge in [-0.2, -0.15) is 23.3 Å². The van der Waals surface area contributed by atoms with Crippen molar-refractivity contribution in [3.05, 3.63) is 41.7 Å². The first-order valence-electron chi connectivity index (χ1n) is 12.5. The fraction of sp³-hybridized carbons (Fsp3) is 0.480. The van der Waals surface area contributed by atoms with Crippen LogP contribution in [-0.2, 0) is 18.5 Å². The summed E-state index contributed by atoms with van der Waals surface area (Å²) in [5, 5.41) is 13.9. The van der Waals surface area contributed by atoms with Gasteiger partial charge in [0.15, 0.2) is 0 Å². The predicted molar refractivity (Wildman–Crippen MR) is 141 cm³/mol. The first kappa shape index (κ1) is 28.0. The lowest BCUT2D eigenvalue weighted by molar-refractivity contribution is -0.126. The van der Waals surface area contributed by atoms with Crippen LogP contribution in [0.5, 0.6) is 0 Å². The van der Waals surface area contributed by atoms with Gasteiger partial charge in [0.25, 0.3) is 5.91 Å². The molecule has 0 saturated carbocycles. The summed E-state index contributed by atoms with van der Waals surface area (Å²) in [5.74, 6) is -0.456. The number of fused-ring (bicyclic) bond motifs is 1. The van der Waals surface area contributed by atoms with Gasteiger partial charge in [-0.05, 0) is 33.9 Å². The molecule has 5 heterocycles. The van der Waals surface area contributed by atoms with Crippen LogP contribution in [0.1, 0.15) is 42.6 Å². The van der Waals surface area contributed by atoms with Crippen molar-refractivity contribution >= 4 is 33.1 Å². The number of halogens is 4. The number of aromatic nitrogens is 5. The van der Waals surface area contributed by atoms with Gasteiger partial charge in [0.05, 0.1) is 57.1 Å². The largest absolute Gasteiger partial charge is 0.393 e. The van der Waals surface area contributed by atoms with Crippen molar-refractivity contribution in [3.63, 3.8) is 0 Å². The third-order valence-corrected chi connectivity index (χ3v) is 7.67. The zero-order chi connectivity index (χ0) is 28.8. The summed E-state index contributed by atoms with van der Waals surface area (Å²) >= 11 is 1.02. The minimum Gasteiger partial charge on any atom is -0.377 e. The van der Waals surface area contributed by atoms with Crippen molar-refractivity contribution in [1.29, 1.82) is 0 Å². The molecule has 0 radical (unpaired) electrons. The Kier molecular flexibility index (Phi) is 7.29. The zero-order valence-corrected chi connectivity index (χ0v) is 23.0. The van der Waals surface area contributed by atoms with Crippen LogP contribution in [0.25, 0.3) is 20.9 Å². The number of pyridine rings is 1. The Bertz CT molecular complexity index is 1520. The van der Waals surface area contributed by atoms with E-state index in [2.05, 4.69) is 30.9 Å². The molecule has 0 bridgehead atoms.